The molecule has 25 heavy (non-hydrogen) atoms. The second kappa shape index (κ2) is 7.58. The van der Waals surface area contributed by atoms with Gasteiger partial charge < -0.3 is 10.5 Å². The zero-order valence-electron chi connectivity index (χ0n) is 14.9. The van der Waals surface area contributed by atoms with Gasteiger partial charge in [0.1, 0.15) is 11.5 Å². The van der Waals surface area contributed by atoms with E-state index in [1.54, 1.807) is 6.20 Å². The molecular weight excluding hydrogens is 336 g/mol. The first-order chi connectivity index (χ1) is 12.0. The zero-order chi connectivity index (χ0) is 17.9. The lowest BCUT2D eigenvalue weighted by molar-refractivity contribution is -0.646. The molecule has 0 unspecified atom stereocenters. The quantitative estimate of drug-likeness (QED) is 0.801. The number of nitrogens with zero attached hydrogens (tertiary/aromatic N) is 2. The Morgan fingerprint density at radius 1 is 1.36 bits per heavy atom. The topological polar surface area (TPSA) is 64.0 Å². The molecule has 3 N–H and O–H groups in total. The molecule has 1 aliphatic rings. The Kier molecular flexibility index (Phi) is 5.45. The van der Waals surface area contributed by atoms with E-state index in [0.717, 1.165) is 56.1 Å². The van der Waals surface area contributed by atoms with Crippen LogP contribution in [0.25, 0.3) is 11.3 Å². The number of aromatic nitrogens is 2. The normalized spacial score (nSPS) is 16.6. The minimum Gasteiger partial charge on any atom is -0.384 e. The molecule has 0 spiro atoms. The lowest BCUT2D eigenvalue weighted by Gasteiger charge is -2.34. The van der Waals surface area contributed by atoms with Crippen LogP contribution in [-0.2, 0) is 11.8 Å². The second-order valence-electron chi connectivity index (χ2n) is 6.76. The molecular formula is C19H26ClN4O+. The van der Waals surface area contributed by atoms with Gasteiger partial charge in [-0.25, -0.2) is 9.55 Å². The molecule has 5 nitrogen and oxygen atoms in total. The number of nitrogens with two attached hydrogens (primary N) is 1. The van der Waals surface area contributed by atoms with Crippen LogP contribution in [0.2, 0.25) is 5.02 Å². The molecule has 0 atom stereocenters. The van der Waals surface area contributed by atoms with E-state index in [1.165, 1.54) is 0 Å². The number of rotatable bonds is 5. The van der Waals surface area contributed by atoms with Crippen LogP contribution < -0.4 is 15.6 Å². The van der Waals surface area contributed by atoms with Gasteiger partial charge in [0.15, 0.2) is 0 Å². The average Bonchev–Trinajstić information content (AvgIpc) is 2.64. The molecule has 134 valence electrons. The van der Waals surface area contributed by atoms with Crippen molar-refractivity contribution in [2.24, 2.45) is 12.5 Å². The third-order valence-electron chi connectivity index (χ3n) is 5.33. The maximum absolute atomic E-state index is 6.33. The maximum atomic E-state index is 6.33. The van der Waals surface area contributed by atoms with Crippen LogP contribution >= 0.6 is 11.6 Å². The fourth-order valence-corrected chi connectivity index (χ4v) is 3.62. The number of hydrogen-bond donors (Lipinski definition) is 2. The predicted octanol–water partition coefficient (Wildman–Crippen LogP) is 3.43. The van der Waals surface area contributed by atoms with Crippen molar-refractivity contribution in [3.63, 3.8) is 0 Å². The van der Waals surface area contributed by atoms with Gasteiger partial charge in [0.2, 0.25) is 0 Å². The largest absolute Gasteiger partial charge is 0.384 e. The Labute approximate surface area is 154 Å². The highest BCUT2D eigenvalue weighted by Gasteiger charge is 2.33. The highest BCUT2D eigenvalue weighted by molar-refractivity contribution is 6.33. The first-order valence-corrected chi connectivity index (χ1v) is 9.14. The number of pyridine rings is 2. The van der Waals surface area contributed by atoms with E-state index in [0.29, 0.717) is 16.3 Å². The number of ether oxygens (including phenoxy) is 1. The van der Waals surface area contributed by atoms with Gasteiger partial charge in [0, 0.05) is 36.5 Å². The van der Waals surface area contributed by atoms with Crippen molar-refractivity contribution in [3.8, 4) is 11.3 Å². The van der Waals surface area contributed by atoms with Gasteiger partial charge in [-0.1, -0.05) is 18.5 Å². The molecule has 1 fully saturated rings. The van der Waals surface area contributed by atoms with Gasteiger partial charge in [0.05, 0.1) is 18.6 Å². The molecule has 2 aromatic rings. The molecule has 0 radical (unpaired) electrons. The summed E-state index contributed by atoms with van der Waals surface area (Å²) in [5.41, 5.74) is 8.03. The summed E-state index contributed by atoms with van der Waals surface area (Å²) < 4.78 is 7.65. The summed E-state index contributed by atoms with van der Waals surface area (Å²) in [5, 5.41) is 4.23. The van der Waals surface area contributed by atoms with Gasteiger partial charge in [-0.05, 0) is 37.5 Å². The van der Waals surface area contributed by atoms with Gasteiger partial charge in [-0.3, -0.25) is 5.32 Å². The van der Waals surface area contributed by atoms with E-state index in [4.69, 9.17) is 22.1 Å². The molecule has 6 heteroatoms. The number of hydrogen-bond acceptors (Lipinski definition) is 4. The lowest BCUT2D eigenvalue weighted by atomic mass is 9.78. The third-order valence-corrected chi connectivity index (χ3v) is 5.63. The van der Waals surface area contributed by atoms with E-state index in [2.05, 4.69) is 27.9 Å². The summed E-state index contributed by atoms with van der Waals surface area (Å²) in [6, 6.07) is 7.97. The standard InChI is InChI=1S/C19H25ClN4O/c1-3-19(7-9-25-10-8-19)13-23-18-6-4-5-16(24(18)2)14-11-17(21)22-12-15(14)20/h4-6,11-12H,3,7-10,13H2,1-2H3,(H2,21,22)/p+1. The van der Waals surface area contributed by atoms with Crippen LogP contribution in [-0.4, -0.2) is 24.7 Å². The Bertz CT molecular complexity index is 744. The Balaban J connectivity index is 1.85. The van der Waals surface area contributed by atoms with Crippen LogP contribution in [0.15, 0.2) is 30.5 Å². The van der Waals surface area contributed by atoms with E-state index in [-0.39, 0.29) is 0 Å². The van der Waals surface area contributed by atoms with Gasteiger partial charge >= 0.3 is 0 Å². The number of halogens is 1. The number of nitrogens with one attached hydrogen (secondary N) is 1. The van der Waals surface area contributed by atoms with Gasteiger partial charge in [-0.2, -0.15) is 0 Å². The minimum atomic E-state index is 0.306. The van der Waals surface area contributed by atoms with Crippen LogP contribution in [0, 0.1) is 5.41 Å². The van der Waals surface area contributed by atoms with Crippen LogP contribution in [0.4, 0.5) is 11.6 Å². The van der Waals surface area contributed by atoms with E-state index in [1.807, 2.05) is 25.2 Å². The molecule has 3 heterocycles. The Morgan fingerprint density at radius 2 is 2.12 bits per heavy atom. The summed E-state index contributed by atoms with van der Waals surface area (Å²) in [4.78, 5) is 4.04. The summed E-state index contributed by atoms with van der Waals surface area (Å²) >= 11 is 6.33. The van der Waals surface area contributed by atoms with E-state index < -0.39 is 0 Å². The van der Waals surface area contributed by atoms with Crippen molar-refractivity contribution in [2.45, 2.75) is 26.2 Å². The number of anilines is 2. The van der Waals surface area contributed by atoms with Gasteiger partial charge in [0.25, 0.3) is 5.82 Å². The molecule has 0 saturated carbocycles. The van der Waals surface area contributed by atoms with Crippen molar-refractivity contribution in [2.75, 3.05) is 30.8 Å². The molecule has 1 aliphatic heterocycles. The highest BCUT2D eigenvalue weighted by atomic mass is 35.5. The van der Waals surface area contributed by atoms with Crippen molar-refractivity contribution in [1.82, 2.24) is 4.98 Å². The molecule has 0 aliphatic carbocycles. The second-order valence-corrected chi connectivity index (χ2v) is 7.17. The highest BCUT2D eigenvalue weighted by Crippen LogP contribution is 2.34. The smallest absolute Gasteiger partial charge is 0.274 e. The predicted molar refractivity (Wildman–Crippen MR) is 102 cm³/mol. The molecule has 0 amide bonds. The first-order valence-electron chi connectivity index (χ1n) is 8.77. The maximum Gasteiger partial charge on any atom is 0.274 e. The fraction of sp³-hybridized carbons (Fsp3) is 0.474. The summed E-state index contributed by atoms with van der Waals surface area (Å²) in [5.74, 6) is 1.52. The van der Waals surface area contributed by atoms with Crippen molar-refractivity contribution < 1.29 is 9.30 Å². The van der Waals surface area contributed by atoms with E-state index >= 15 is 0 Å². The minimum absolute atomic E-state index is 0.306. The van der Waals surface area contributed by atoms with Crippen LogP contribution in [0.1, 0.15) is 26.2 Å². The molecule has 2 aromatic heterocycles. The van der Waals surface area contributed by atoms with Crippen molar-refractivity contribution in [3.05, 3.63) is 35.5 Å². The van der Waals surface area contributed by atoms with Gasteiger partial charge in [-0.15, -0.1) is 0 Å². The molecule has 0 bridgehead atoms. The zero-order valence-corrected chi connectivity index (χ0v) is 15.6. The SMILES string of the molecule is CCC1(CNc2cccc(-c3cc(N)ncc3Cl)[n+]2C)CCOCC1. The van der Waals surface area contributed by atoms with Crippen molar-refractivity contribution in [1.29, 1.82) is 0 Å². The van der Waals surface area contributed by atoms with E-state index in [9.17, 15) is 0 Å². The van der Waals surface area contributed by atoms with Crippen LogP contribution in [0.3, 0.4) is 0 Å². The molecule has 3 rings (SSSR count). The number of nitrogen functional groups attached to an aromatic ring is 1. The monoisotopic (exact) mass is 361 g/mol. The summed E-state index contributed by atoms with van der Waals surface area (Å²) in [6.45, 7) is 4.92. The summed E-state index contributed by atoms with van der Waals surface area (Å²) in [6.07, 6.45) is 4.96. The first kappa shape index (κ1) is 18.0. The fourth-order valence-electron chi connectivity index (χ4n) is 3.42. The third kappa shape index (κ3) is 3.88. The lowest BCUT2D eigenvalue weighted by Crippen LogP contribution is -2.40. The van der Waals surface area contributed by atoms with Crippen molar-refractivity contribution >= 4 is 23.2 Å². The Morgan fingerprint density at radius 3 is 2.84 bits per heavy atom. The molecule has 0 aromatic carbocycles. The van der Waals surface area contributed by atoms with Crippen LogP contribution in [0.5, 0.6) is 0 Å². The summed E-state index contributed by atoms with van der Waals surface area (Å²) in [7, 11) is 2.03. The Hall–Kier alpha value is -1.85. The average molecular weight is 362 g/mol. The molecule has 1 saturated heterocycles.